The van der Waals surface area contributed by atoms with E-state index in [0.29, 0.717) is 19.0 Å². The van der Waals surface area contributed by atoms with Gasteiger partial charge in [-0.15, -0.1) is 0 Å². The van der Waals surface area contributed by atoms with E-state index in [0.717, 1.165) is 44.2 Å². The van der Waals surface area contributed by atoms with Crippen molar-refractivity contribution < 1.29 is 64.6 Å². The van der Waals surface area contributed by atoms with E-state index in [9.17, 15) is 13.2 Å². The SMILES string of the molecule is CC(C)NCCCS(=O)(=O)[N-]C(=O)Nc1c2c(cc3c1CCC3)CCC2.[K+]. The second kappa shape index (κ2) is 10.2. The van der Waals surface area contributed by atoms with Crippen LogP contribution in [0.15, 0.2) is 6.07 Å². The summed E-state index contributed by atoms with van der Waals surface area (Å²) in [5.74, 6) is -0.120. The van der Waals surface area contributed by atoms with Crippen LogP contribution in [-0.2, 0) is 35.7 Å². The molecule has 0 radical (unpaired) electrons. The van der Waals surface area contributed by atoms with Crippen LogP contribution in [-0.4, -0.2) is 32.8 Å². The minimum absolute atomic E-state index is 0. The fourth-order valence-corrected chi connectivity index (χ4v) is 4.81. The van der Waals surface area contributed by atoms with Gasteiger partial charge in [-0.1, -0.05) is 19.9 Å². The Morgan fingerprint density at radius 3 is 2.26 bits per heavy atom. The van der Waals surface area contributed by atoms with Gasteiger partial charge in [-0.2, -0.15) is 0 Å². The number of aryl methyl sites for hydroxylation is 2. The summed E-state index contributed by atoms with van der Waals surface area (Å²) in [5.41, 5.74) is 5.77. The van der Waals surface area contributed by atoms with Crippen molar-refractivity contribution >= 4 is 21.7 Å². The molecule has 0 fully saturated rings. The molecule has 6 nitrogen and oxygen atoms in total. The van der Waals surface area contributed by atoms with Crippen molar-refractivity contribution in [2.24, 2.45) is 0 Å². The Labute approximate surface area is 205 Å². The molecule has 27 heavy (non-hydrogen) atoms. The number of fused-ring (bicyclic) bond motifs is 2. The zero-order valence-electron chi connectivity index (χ0n) is 16.6. The summed E-state index contributed by atoms with van der Waals surface area (Å²) >= 11 is 0. The molecule has 0 unspecified atom stereocenters. The fourth-order valence-electron chi connectivity index (χ4n) is 3.91. The van der Waals surface area contributed by atoms with Crippen LogP contribution in [0.3, 0.4) is 0 Å². The minimum Gasteiger partial charge on any atom is -0.423 e. The first kappa shape index (κ1) is 23.3. The van der Waals surface area contributed by atoms with Gasteiger partial charge in [0.2, 0.25) is 0 Å². The van der Waals surface area contributed by atoms with Gasteiger partial charge < -0.3 is 15.4 Å². The molecule has 0 saturated carbocycles. The van der Waals surface area contributed by atoms with E-state index in [-0.39, 0.29) is 57.1 Å². The van der Waals surface area contributed by atoms with E-state index in [1.165, 1.54) is 22.3 Å². The predicted octanol–water partition coefficient (Wildman–Crippen LogP) is 0.292. The topological polar surface area (TPSA) is 89.4 Å². The maximum atomic E-state index is 12.3. The summed E-state index contributed by atoms with van der Waals surface area (Å²) in [7, 11) is -3.75. The van der Waals surface area contributed by atoms with Gasteiger partial charge in [0.15, 0.2) is 16.1 Å². The molecular weight excluding hydrogens is 389 g/mol. The molecule has 0 aromatic heterocycles. The zero-order chi connectivity index (χ0) is 18.7. The molecular formula is C19H28KN3O3S. The number of nitrogens with zero attached hydrogens (tertiary/aromatic N) is 1. The quantitative estimate of drug-likeness (QED) is 0.493. The average Bonchev–Trinajstić information content (AvgIpc) is 3.19. The molecule has 2 aliphatic rings. The van der Waals surface area contributed by atoms with E-state index < -0.39 is 16.1 Å². The van der Waals surface area contributed by atoms with Gasteiger partial charge in [0.25, 0.3) is 0 Å². The first-order valence-corrected chi connectivity index (χ1v) is 11.1. The van der Waals surface area contributed by atoms with Crippen LogP contribution in [0.1, 0.15) is 55.4 Å². The number of hydrogen-bond acceptors (Lipinski definition) is 4. The van der Waals surface area contributed by atoms with Crippen molar-refractivity contribution in [1.29, 1.82) is 0 Å². The number of anilines is 1. The van der Waals surface area contributed by atoms with Gasteiger partial charge in [-0.05, 0) is 79.4 Å². The number of carbonyl (C=O) groups is 1. The van der Waals surface area contributed by atoms with Gasteiger partial charge in [0.05, 0.1) is 5.75 Å². The molecule has 144 valence electrons. The van der Waals surface area contributed by atoms with E-state index in [1.807, 2.05) is 13.8 Å². The molecule has 1 aromatic carbocycles. The molecule has 1 aromatic rings. The van der Waals surface area contributed by atoms with Crippen LogP contribution in [0.4, 0.5) is 10.5 Å². The summed E-state index contributed by atoms with van der Waals surface area (Å²) in [6.07, 6.45) is 6.54. The number of carbonyl (C=O) groups excluding carboxylic acids is 1. The summed E-state index contributed by atoms with van der Waals surface area (Å²) in [5, 5.41) is 5.97. The van der Waals surface area contributed by atoms with Crippen LogP contribution in [0.5, 0.6) is 0 Å². The summed E-state index contributed by atoms with van der Waals surface area (Å²) in [6, 6.07) is 1.81. The summed E-state index contributed by atoms with van der Waals surface area (Å²) in [6.45, 7) is 4.60. The number of sulfonamides is 1. The minimum atomic E-state index is -3.75. The Hall–Kier alpha value is 0.0364. The molecule has 0 atom stereocenters. The van der Waals surface area contributed by atoms with Crippen molar-refractivity contribution in [3.8, 4) is 0 Å². The largest absolute Gasteiger partial charge is 1.00 e. The van der Waals surface area contributed by atoms with Crippen LogP contribution in [0, 0.1) is 0 Å². The maximum Gasteiger partial charge on any atom is 1.00 e. The third-order valence-corrected chi connectivity index (χ3v) is 6.31. The van der Waals surface area contributed by atoms with Crippen molar-refractivity contribution in [2.75, 3.05) is 17.6 Å². The normalized spacial score (nSPS) is 15.2. The van der Waals surface area contributed by atoms with Gasteiger partial charge in [-0.25, -0.2) is 8.42 Å². The number of hydrogen-bond donors (Lipinski definition) is 2. The number of benzene rings is 1. The van der Waals surface area contributed by atoms with Crippen LogP contribution in [0.25, 0.3) is 4.72 Å². The first-order valence-electron chi connectivity index (χ1n) is 9.52. The molecule has 3 rings (SSSR count). The third-order valence-electron chi connectivity index (χ3n) is 5.06. The molecule has 0 spiro atoms. The Kier molecular flexibility index (Phi) is 8.79. The molecule has 0 saturated heterocycles. The third kappa shape index (κ3) is 6.26. The molecule has 2 aliphatic carbocycles. The number of rotatable bonds is 7. The van der Waals surface area contributed by atoms with Gasteiger partial charge in [-0.3, -0.25) is 4.79 Å². The second-order valence-corrected chi connectivity index (χ2v) is 9.26. The van der Waals surface area contributed by atoms with E-state index in [2.05, 4.69) is 21.4 Å². The van der Waals surface area contributed by atoms with Gasteiger partial charge in [0.1, 0.15) is 0 Å². The smallest absolute Gasteiger partial charge is 0.423 e. The van der Waals surface area contributed by atoms with Gasteiger partial charge >= 0.3 is 51.4 Å². The fraction of sp³-hybridized carbons (Fsp3) is 0.632. The molecule has 8 heteroatoms. The van der Waals surface area contributed by atoms with Crippen molar-refractivity contribution in [2.45, 2.75) is 64.8 Å². The van der Waals surface area contributed by atoms with E-state index in [4.69, 9.17) is 0 Å². The number of nitrogens with one attached hydrogen (secondary N) is 2. The summed E-state index contributed by atoms with van der Waals surface area (Å²) < 4.78 is 27.6. The van der Waals surface area contributed by atoms with Gasteiger partial charge in [0, 0.05) is 6.04 Å². The van der Waals surface area contributed by atoms with Crippen LogP contribution in [0.2, 0.25) is 0 Å². The van der Waals surface area contributed by atoms with E-state index in [1.54, 1.807) is 0 Å². The Morgan fingerprint density at radius 2 is 1.70 bits per heavy atom. The molecule has 0 bridgehead atoms. The predicted molar refractivity (Wildman–Crippen MR) is 104 cm³/mol. The standard InChI is InChI=1S/C19H29N3O3S.K/c1-13(2)20-10-5-11-26(24,25)22-19(23)21-18-16-8-3-6-14(16)12-15-7-4-9-17(15)18;/h12-13,20H,3-11H2,1-2H3,(H2,21,22,23);/q;+1/p-1. The van der Waals surface area contributed by atoms with Crippen molar-refractivity contribution in [1.82, 2.24) is 5.32 Å². The zero-order valence-corrected chi connectivity index (χ0v) is 20.5. The molecule has 2 amide bonds. The number of urea groups is 1. The van der Waals surface area contributed by atoms with E-state index >= 15 is 0 Å². The monoisotopic (exact) mass is 417 g/mol. The second-order valence-electron chi connectivity index (χ2n) is 7.50. The van der Waals surface area contributed by atoms with Crippen molar-refractivity contribution in [3.05, 3.63) is 33.0 Å². The molecule has 0 heterocycles. The van der Waals surface area contributed by atoms with Crippen LogP contribution >= 0.6 is 0 Å². The molecule has 2 N–H and O–H groups in total. The Balaban J connectivity index is 0.00000261. The maximum absolute atomic E-state index is 12.3. The first-order chi connectivity index (χ1) is 12.4. The summed E-state index contributed by atoms with van der Waals surface area (Å²) in [4.78, 5) is 12.3. The Bertz CT molecular complexity index is 762. The Morgan fingerprint density at radius 1 is 1.11 bits per heavy atom. The molecule has 0 aliphatic heterocycles. The average molecular weight is 418 g/mol. The number of amides is 2. The van der Waals surface area contributed by atoms with Crippen molar-refractivity contribution in [3.63, 3.8) is 0 Å². The van der Waals surface area contributed by atoms with Crippen LogP contribution < -0.4 is 62.0 Å².